The standard InChI is InChI=1S/C27H28F3N3O2/c28-27(29,30)23-11-6-12-24(17-23)32-26(34)25(20-7-2-1-3-8-20)31-18-21-9-4-5-10-22(21)19-33-13-15-35-16-14-33/h1-12,17,25,31H,13-16,18-19H2,(H,32,34). The Balaban J connectivity index is 1.50. The lowest BCUT2D eigenvalue weighted by Crippen LogP contribution is -2.36. The minimum Gasteiger partial charge on any atom is -0.379 e. The molecule has 5 nitrogen and oxygen atoms in total. The monoisotopic (exact) mass is 483 g/mol. The van der Waals surface area contributed by atoms with Crippen molar-refractivity contribution in [1.29, 1.82) is 0 Å². The predicted molar refractivity (Wildman–Crippen MR) is 129 cm³/mol. The van der Waals surface area contributed by atoms with Crippen molar-refractivity contribution >= 4 is 11.6 Å². The summed E-state index contributed by atoms with van der Waals surface area (Å²) in [4.78, 5) is 15.6. The van der Waals surface area contributed by atoms with Crippen molar-refractivity contribution in [3.8, 4) is 0 Å². The molecule has 1 saturated heterocycles. The minimum absolute atomic E-state index is 0.0975. The van der Waals surface area contributed by atoms with Gasteiger partial charge < -0.3 is 10.1 Å². The van der Waals surface area contributed by atoms with E-state index in [2.05, 4.69) is 21.6 Å². The SMILES string of the molecule is O=C(Nc1cccc(C(F)(F)F)c1)C(NCc1ccccc1CN1CCOCC1)c1ccccc1. The molecule has 1 aliphatic heterocycles. The number of rotatable bonds is 8. The largest absolute Gasteiger partial charge is 0.416 e. The van der Waals surface area contributed by atoms with E-state index in [9.17, 15) is 18.0 Å². The van der Waals surface area contributed by atoms with Gasteiger partial charge in [0, 0.05) is 31.9 Å². The zero-order valence-corrected chi connectivity index (χ0v) is 19.2. The molecule has 2 N–H and O–H groups in total. The summed E-state index contributed by atoms with van der Waals surface area (Å²) in [6, 6.07) is 21.1. The number of alkyl halides is 3. The van der Waals surface area contributed by atoms with Gasteiger partial charge in [-0.2, -0.15) is 13.2 Å². The van der Waals surface area contributed by atoms with E-state index in [-0.39, 0.29) is 5.69 Å². The number of nitrogens with one attached hydrogen (secondary N) is 2. The predicted octanol–water partition coefficient (Wildman–Crippen LogP) is 5.01. The molecule has 3 aromatic rings. The number of hydrogen-bond donors (Lipinski definition) is 2. The summed E-state index contributed by atoms with van der Waals surface area (Å²) in [6.45, 7) is 4.38. The molecule has 1 atom stereocenters. The Hall–Kier alpha value is -3.20. The molecule has 4 rings (SSSR count). The number of halogens is 3. The van der Waals surface area contributed by atoms with Gasteiger partial charge >= 0.3 is 6.18 Å². The summed E-state index contributed by atoms with van der Waals surface area (Å²) in [6.07, 6.45) is -4.48. The number of ether oxygens (including phenoxy) is 1. The van der Waals surface area contributed by atoms with Gasteiger partial charge in [-0.3, -0.25) is 15.0 Å². The Morgan fingerprint density at radius 2 is 1.60 bits per heavy atom. The molecular weight excluding hydrogens is 455 g/mol. The van der Waals surface area contributed by atoms with Crippen LogP contribution in [-0.4, -0.2) is 37.1 Å². The highest BCUT2D eigenvalue weighted by atomic mass is 19.4. The first-order chi connectivity index (χ1) is 16.9. The first-order valence-electron chi connectivity index (χ1n) is 11.5. The number of benzene rings is 3. The van der Waals surface area contributed by atoms with Gasteiger partial charge in [0.05, 0.1) is 18.8 Å². The third-order valence-electron chi connectivity index (χ3n) is 5.97. The summed E-state index contributed by atoms with van der Waals surface area (Å²) in [5, 5.41) is 5.96. The van der Waals surface area contributed by atoms with Crippen LogP contribution in [0.5, 0.6) is 0 Å². The van der Waals surface area contributed by atoms with Gasteiger partial charge in [-0.05, 0) is 34.9 Å². The maximum Gasteiger partial charge on any atom is 0.416 e. The third-order valence-corrected chi connectivity index (χ3v) is 5.97. The van der Waals surface area contributed by atoms with Crippen molar-refractivity contribution in [1.82, 2.24) is 10.2 Å². The number of carbonyl (C=O) groups excluding carboxylic acids is 1. The van der Waals surface area contributed by atoms with Crippen LogP contribution >= 0.6 is 0 Å². The van der Waals surface area contributed by atoms with E-state index in [0.717, 1.165) is 48.5 Å². The Bertz CT molecular complexity index is 1120. The molecule has 0 saturated carbocycles. The average Bonchev–Trinajstić information content (AvgIpc) is 2.86. The Kier molecular flexibility index (Phi) is 8.17. The Morgan fingerprint density at radius 3 is 2.31 bits per heavy atom. The summed E-state index contributed by atoms with van der Waals surface area (Å²) in [5.74, 6) is -0.429. The zero-order valence-electron chi connectivity index (χ0n) is 19.2. The van der Waals surface area contributed by atoms with Crippen LogP contribution in [0.1, 0.15) is 28.3 Å². The second-order valence-corrected chi connectivity index (χ2v) is 8.45. The van der Waals surface area contributed by atoms with Gasteiger partial charge in [-0.15, -0.1) is 0 Å². The average molecular weight is 484 g/mol. The highest BCUT2D eigenvalue weighted by Crippen LogP contribution is 2.31. The highest BCUT2D eigenvalue weighted by molar-refractivity contribution is 5.95. The van der Waals surface area contributed by atoms with Crippen molar-refractivity contribution in [3.05, 3.63) is 101 Å². The molecule has 8 heteroatoms. The van der Waals surface area contributed by atoms with E-state index in [4.69, 9.17) is 4.74 Å². The smallest absolute Gasteiger partial charge is 0.379 e. The number of nitrogens with zero attached hydrogens (tertiary/aromatic N) is 1. The molecule has 35 heavy (non-hydrogen) atoms. The number of anilines is 1. The van der Waals surface area contributed by atoms with Crippen LogP contribution in [0.15, 0.2) is 78.9 Å². The molecule has 0 bridgehead atoms. The van der Waals surface area contributed by atoms with Crippen molar-refractivity contribution in [2.75, 3.05) is 31.6 Å². The van der Waals surface area contributed by atoms with Crippen LogP contribution in [0.25, 0.3) is 0 Å². The van der Waals surface area contributed by atoms with Crippen molar-refractivity contribution in [2.45, 2.75) is 25.3 Å². The molecule has 1 heterocycles. The van der Waals surface area contributed by atoms with Gasteiger partial charge in [0.2, 0.25) is 5.91 Å². The quantitative estimate of drug-likeness (QED) is 0.473. The van der Waals surface area contributed by atoms with Crippen LogP contribution in [0.4, 0.5) is 18.9 Å². The second-order valence-electron chi connectivity index (χ2n) is 8.45. The molecule has 0 spiro atoms. The number of carbonyl (C=O) groups is 1. The van der Waals surface area contributed by atoms with Crippen LogP contribution < -0.4 is 10.6 Å². The summed E-state index contributed by atoms with van der Waals surface area (Å²) in [5.41, 5.74) is 2.23. The maximum absolute atomic E-state index is 13.2. The normalized spacial score (nSPS) is 15.5. The Labute approximate surface area is 202 Å². The molecule has 184 valence electrons. The van der Waals surface area contributed by atoms with Crippen LogP contribution in [0.3, 0.4) is 0 Å². The van der Waals surface area contributed by atoms with Crippen LogP contribution in [0, 0.1) is 0 Å². The molecule has 1 aliphatic rings. The molecule has 0 aromatic heterocycles. The molecule has 1 fully saturated rings. The first kappa shape index (κ1) is 24.9. The summed E-state index contributed by atoms with van der Waals surface area (Å²) in [7, 11) is 0. The van der Waals surface area contributed by atoms with Gasteiger partial charge in [0.1, 0.15) is 6.04 Å². The maximum atomic E-state index is 13.2. The second kappa shape index (κ2) is 11.5. The molecule has 1 amide bonds. The van der Waals surface area contributed by atoms with E-state index >= 15 is 0 Å². The number of morpholine rings is 1. The number of hydrogen-bond acceptors (Lipinski definition) is 4. The summed E-state index contributed by atoms with van der Waals surface area (Å²) >= 11 is 0. The highest BCUT2D eigenvalue weighted by Gasteiger charge is 2.31. The zero-order chi connectivity index (χ0) is 24.7. The van der Waals surface area contributed by atoms with Gasteiger partial charge in [0.15, 0.2) is 0 Å². The summed E-state index contributed by atoms with van der Waals surface area (Å²) < 4.78 is 44.8. The molecule has 1 unspecified atom stereocenters. The topological polar surface area (TPSA) is 53.6 Å². The van der Waals surface area contributed by atoms with E-state index in [0.29, 0.717) is 19.8 Å². The van der Waals surface area contributed by atoms with E-state index < -0.39 is 23.7 Å². The lowest BCUT2D eigenvalue weighted by molar-refractivity contribution is -0.137. The molecule has 3 aromatic carbocycles. The van der Waals surface area contributed by atoms with Crippen molar-refractivity contribution in [3.63, 3.8) is 0 Å². The Morgan fingerprint density at radius 1 is 0.914 bits per heavy atom. The van der Waals surface area contributed by atoms with Crippen LogP contribution in [0.2, 0.25) is 0 Å². The van der Waals surface area contributed by atoms with Gasteiger partial charge in [-0.1, -0.05) is 60.7 Å². The van der Waals surface area contributed by atoms with Crippen molar-refractivity contribution < 1.29 is 22.7 Å². The minimum atomic E-state index is -4.48. The fraction of sp³-hybridized carbons (Fsp3) is 0.296. The molecule has 0 radical (unpaired) electrons. The fourth-order valence-corrected chi connectivity index (χ4v) is 4.09. The third kappa shape index (κ3) is 6.91. The lowest BCUT2D eigenvalue weighted by atomic mass is 10.0. The van der Waals surface area contributed by atoms with Crippen LogP contribution in [-0.2, 0) is 28.8 Å². The van der Waals surface area contributed by atoms with E-state index in [1.54, 1.807) is 0 Å². The van der Waals surface area contributed by atoms with Gasteiger partial charge in [-0.25, -0.2) is 0 Å². The number of amides is 1. The molecular formula is C27H28F3N3O2. The van der Waals surface area contributed by atoms with E-state index in [1.807, 2.05) is 48.5 Å². The first-order valence-corrected chi connectivity index (χ1v) is 11.5. The lowest BCUT2D eigenvalue weighted by Gasteiger charge is -2.27. The van der Waals surface area contributed by atoms with E-state index in [1.165, 1.54) is 12.1 Å². The van der Waals surface area contributed by atoms with Gasteiger partial charge in [0.25, 0.3) is 0 Å². The molecule has 0 aliphatic carbocycles. The van der Waals surface area contributed by atoms with Crippen molar-refractivity contribution in [2.24, 2.45) is 0 Å². The fourth-order valence-electron chi connectivity index (χ4n) is 4.09.